The van der Waals surface area contributed by atoms with Gasteiger partial charge in [0.15, 0.2) is 0 Å². The van der Waals surface area contributed by atoms with Crippen molar-refractivity contribution >= 4 is 23.1 Å². The molecule has 0 bridgehead atoms. The summed E-state index contributed by atoms with van der Waals surface area (Å²) >= 11 is 0. The molecule has 2 rings (SSSR count). The molecular formula is C15H12F3N3O3. The van der Waals surface area contributed by atoms with Crippen molar-refractivity contribution in [3.05, 3.63) is 63.7 Å². The van der Waals surface area contributed by atoms with Gasteiger partial charge >= 0.3 is 12.2 Å². The number of hydrogen-bond acceptors (Lipinski definition) is 3. The number of carbonyl (C=O) groups is 1. The number of alkyl halides is 3. The molecule has 0 saturated heterocycles. The molecule has 2 aromatic carbocycles. The van der Waals surface area contributed by atoms with Gasteiger partial charge in [-0.25, -0.2) is 4.79 Å². The highest BCUT2D eigenvalue weighted by Crippen LogP contribution is 2.34. The molecule has 0 aliphatic heterocycles. The Balaban J connectivity index is 2.21. The molecule has 24 heavy (non-hydrogen) atoms. The van der Waals surface area contributed by atoms with Crippen LogP contribution in [0.5, 0.6) is 0 Å². The molecule has 2 amide bonds. The average molecular weight is 339 g/mol. The van der Waals surface area contributed by atoms with Crippen molar-refractivity contribution in [3.63, 3.8) is 0 Å². The lowest BCUT2D eigenvalue weighted by atomic mass is 10.1. The lowest BCUT2D eigenvalue weighted by molar-refractivity contribution is -0.384. The number of benzene rings is 2. The van der Waals surface area contributed by atoms with E-state index in [0.717, 1.165) is 18.2 Å². The van der Waals surface area contributed by atoms with Crippen LogP contribution in [0, 0.1) is 17.0 Å². The highest BCUT2D eigenvalue weighted by Gasteiger charge is 2.33. The van der Waals surface area contributed by atoms with Crippen molar-refractivity contribution in [2.24, 2.45) is 0 Å². The quantitative estimate of drug-likeness (QED) is 0.635. The molecule has 0 heterocycles. The number of nitro benzene ring substituents is 1. The maximum absolute atomic E-state index is 12.9. The lowest BCUT2D eigenvalue weighted by Crippen LogP contribution is -2.22. The summed E-state index contributed by atoms with van der Waals surface area (Å²) in [7, 11) is 0. The molecule has 9 heteroatoms. The molecule has 6 nitrogen and oxygen atoms in total. The first-order valence-electron chi connectivity index (χ1n) is 6.68. The third kappa shape index (κ3) is 4.00. The monoisotopic (exact) mass is 339 g/mol. The van der Waals surface area contributed by atoms with Crippen LogP contribution in [0.1, 0.15) is 11.1 Å². The Morgan fingerprint density at radius 1 is 1.08 bits per heavy atom. The van der Waals surface area contributed by atoms with Crippen LogP contribution in [0.25, 0.3) is 0 Å². The first-order chi connectivity index (χ1) is 11.2. The van der Waals surface area contributed by atoms with E-state index in [4.69, 9.17) is 0 Å². The third-order valence-electron chi connectivity index (χ3n) is 3.16. The molecule has 0 aliphatic carbocycles. The number of urea groups is 1. The van der Waals surface area contributed by atoms with Gasteiger partial charge in [-0.3, -0.25) is 10.1 Å². The third-order valence-corrected chi connectivity index (χ3v) is 3.16. The zero-order chi connectivity index (χ0) is 17.9. The minimum absolute atomic E-state index is 0.131. The average Bonchev–Trinajstić information content (AvgIpc) is 2.48. The number of non-ortho nitro benzene ring substituents is 1. The zero-order valence-electron chi connectivity index (χ0n) is 12.3. The fourth-order valence-electron chi connectivity index (χ4n) is 1.97. The molecule has 0 unspecified atom stereocenters. The smallest absolute Gasteiger partial charge is 0.307 e. The van der Waals surface area contributed by atoms with Gasteiger partial charge in [-0.2, -0.15) is 13.2 Å². The summed E-state index contributed by atoms with van der Waals surface area (Å²) in [5.41, 5.74) is -0.987. The highest BCUT2D eigenvalue weighted by atomic mass is 19.4. The molecule has 0 aliphatic rings. The van der Waals surface area contributed by atoms with Crippen LogP contribution in [0.3, 0.4) is 0 Å². The number of rotatable bonds is 3. The largest absolute Gasteiger partial charge is 0.418 e. The van der Waals surface area contributed by atoms with Crippen LogP contribution >= 0.6 is 0 Å². The number of aryl methyl sites for hydroxylation is 1. The van der Waals surface area contributed by atoms with Gasteiger partial charge in [0.05, 0.1) is 21.9 Å². The van der Waals surface area contributed by atoms with Gasteiger partial charge in [0.25, 0.3) is 5.69 Å². The Hall–Kier alpha value is -3.10. The molecule has 0 aromatic heterocycles. The van der Waals surface area contributed by atoms with Crippen LogP contribution in [-0.4, -0.2) is 11.0 Å². The summed E-state index contributed by atoms with van der Waals surface area (Å²) in [4.78, 5) is 22.0. The van der Waals surface area contributed by atoms with E-state index in [0.29, 0.717) is 5.56 Å². The predicted molar refractivity (Wildman–Crippen MR) is 81.9 cm³/mol. The van der Waals surface area contributed by atoms with Crippen LogP contribution < -0.4 is 10.6 Å². The maximum Gasteiger partial charge on any atom is 0.418 e. The van der Waals surface area contributed by atoms with Crippen molar-refractivity contribution in [2.75, 3.05) is 10.6 Å². The number of halogens is 3. The summed E-state index contributed by atoms with van der Waals surface area (Å²) in [5, 5.41) is 15.2. The summed E-state index contributed by atoms with van der Waals surface area (Å²) in [6.07, 6.45) is -4.62. The molecule has 0 spiro atoms. The van der Waals surface area contributed by atoms with Gasteiger partial charge in [-0.05, 0) is 24.6 Å². The molecule has 0 radical (unpaired) electrons. The van der Waals surface area contributed by atoms with Gasteiger partial charge < -0.3 is 10.6 Å². The van der Waals surface area contributed by atoms with Gasteiger partial charge in [0, 0.05) is 12.1 Å². The number of hydrogen-bond donors (Lipinski definition) is 2. The Morgan fingerprint density at radius 2 is 1.71 bits per heavy atom. The lowest BCUT2D eigenvalue weighted by Gasteiger charge is -2.14. The van der Waals surface area contributed by atoms with E-state index < -0.39 is 28.4 Å². The topological polar surface area (TPSA) is 84.3 Å². The Labute approximate surface area is 134 Å². The van der Waals surface area contributed by atoms with Crippen molar-refractivity contribution in [1.82, 2.24) is 0 Å². The van der Waals surface area contributed by atoms with Crippen molar-refractivity contribution < 1.29 is 22.9 Å². The summed E-state index contributed by atoms with van der Waals surface area (Å²) in [6.45, 7) is 1.60. The fraction of sp³-hybridized carbons (Fsp3) is 0.133. The van der Waals surface area contributed by atoms with Gasteiger partial charge in [0.1, 0.15) is 0 Å². The SMILES string of the molecule is Cc1ccc([N+](=O)[O-])cc1NC(=O)Nc1ccccc1C(F)(F)F. The van der Waals surface area contributed by atoms with Crippen molar-refractivity contribution in [3.8, 4) is 0 Å². The standard InChI is InChI=1S/C15H12F3N3O3/c1-9-6-7-10(21(23)24)8-13(9)20-14(22)19-12-5-3-2-4-11(12)15(16,17)18/h2-8H,1H3,(H2,19,20,22). The minimum Gasteiger partial charge on any atom is -0.307 e. The summed E-state index contributed by atoms with van der Waals surface area (Å²) < 4.78 is 38.7. The zero-order valence-corrected chi connectivity index (χ0v) is 12.3. The maximum atomic E-state index is 12.9. The van der Waals surface area contributed by atoms with Crippen molar-refractivity contribution in [2.45, 2.75) is 13.1 Å². The Bertz CT molecular complexity index is 791. The second kappa shape index (κ2) is 6.57. The van der Waals surface area contributed by atoms with Gasteiger partial charge in [-0.15, -0.1) is 0 Å². The van der Waals surface area contributed by atoms with E-state index in [2.05, 4.69) is 10.6 Å². The first-order valence-corrected chi connectivity index (χ1v) is 6.68. The second-order valence-corrected chi connectivity index (χ2v) is 4.88. The van der Waals surface area contributed by atoms with E-state index in [9.17, 15) is 28.1 Å². The molecular weight excluding hydrogens is 327 g/mol. The molecule has 0 atom stereocenters. The second-order valence-electron chi connectivity index (χ2n) is 4.88. The van der Waals surface area contributed by atoms with Crippen LogP contribution in [0.4, 0.5) is 35.0 Å². The van der Waals surface area contributed by atoms with E-state index in [1.807, 2.05) is 0 Å². The van der Waals surface area contributed by atoms with Crippen LogP contribution in [0.15, 0.2) is 42.5 Å². The summed E-state index contributed by atoms with van der Waals surface area (Å²) in [6, 6.07) is 7.39. The number of anilines is 2. The minimum atomic E-state index is -4.62. The van der Waals surface area contributed by atoms with E-state index in [1.54, 1.807) is 6.92 Å². The Morgan fingerprint density at radius 3 is 2.33 bits per heavy atom. The van der Waals surface area contributed by atoms with Gasteiger partial charge in [-0.1, -0.05) is 18.2 Å². The van der Waals surface area contributed by atoms with Gasteiger partial charge in [0.2, 0.25) is 0 Å². The van der Waals surface area contributed by atoms with Crippen LogP contribution in [0.2, 0.25) is 0 Å². The molecule has 2 aromatic rings. The number of nitro groups is 1. The Kier molecular flexibility index (Phi) is 4.72. The highest BCUT2D eigenvalue weighted by molar-refractivity contribution is 6.00. The predicted octanol–water partition coefficient (Wildman–Crippen LogP) is 4.57. The van der Waals surface area contributed by atoms with Crippen LogP contribution in [-0.2, 0) is 6.18 Å². The normalized spacial score (nSPS) is 11.0. The number of amides is 2. The molecule has 126 valence electrons. The number of nitrogens with zero attached hydrogens (tertiary/aromatic N) is 1. The van der Waals surface area contributed by atoms with E-state index in [1.165, 1.54) is 24.3 Å². The fourth-order valence-corrected chi connectivity index (χ4v) is 1.97. The number of carbonyl (C=O) groups excluding carboxylic acids is 1. The summed E-state index contributed by atoms with van der Waals surface area (Å²) in [5.74, 6) is 0. The first kappa shape index (κ1) is 17.3. The number of para-hydroxylation sites is 1. The molecule has 0 fully saturated rings. The molecule has 2 N–H and O–H groups in total. The van der Waals surface area contributed by atoms with E-state index >= 15 is 0 Å². The van der Waals surface area contributed by atoms with E-state index in [-0.39, 0.29) is 11.4 Å². The van der Waals surface area contributed by atoms with Crippen molar-refractivity contribution in [1.29, 1.82) is 0 Å². The number of nitrogens with one attached hydrogen (secondary N) is 2. The molecule has 0 saturated carbocycles.